The zero-order chi connectivity index (χ0) is 26.6. The van der Waals surface area contributed by atoms with Crippen molar-refractivity contribution in [3.8, 4) is 23.0 Å². The minimum absolute atomic E-state index is 0.101. The molecule has 1 aliphatic rings. The molecule has 3 aromatic rings. The Labute approximate surface area is 214 Å². The number of anilines is 1. The molecule has 0 unspecified atom stereocenters. The number of carbonyl (C=O) groups excluding carboxylic acids is 1. The van der Waals surface area contributed by atoms with E-state index in [-0.39, 0.29) is 22.9 Å². The molecule has 11 heteroatoms. The minimum atomic E-state index is -4.25. The molecule has 37 heavy (non-hydrogen) atoms. The van der Waals surface area contributed by atoms with Crippen molar-refractivity contribution in [3.63, 3.8) is 0 Å². The Kier molecular flexibility index (Phi) is 7.72. The van der Waals surface area contributed by atoms with Gasteiger partial charge in [0, 0.05) is 11.6 Å². The Morgan fingerprint density at radius 1 is 1.00 bits per heavy atom. The van der Waals surface area contributed by atoms with Gasteiger partial charge in [-0.15, -0.1) is 0 Å². The first kappa shape index (κ1) is 26.1. The lowest BCUT2D eigenvalue weighted by Gasteiger charge is -2.26. The van der Waals surface area contributed by atoms with Gasteiger partial charge in [0.2, 0.25) is 5.91 Å². The van der Waals surface area contributed by atoms with Gasteiger partial charge in [0.15, 0.2) is 11.5 Å². The summed E-state index contributed by atoms with van der Waals surface area (Å²) in [6.07, 6.45) is 0. The molecule has 0 spiro atoms. The summed E-state index contributed by atoms with van der Waals surface area (Å²) in [5.41, 5.74) is 0.774. The molecule has 0 saturated heterocycles. The van der Waals surface area contributed by atoms with Crippen molar-refractivity contribution in [2.75, 3.05) is 38.3 Å². The van der Waals surface area contributed by atoms with E-state index in [1.165, 1.54) is 44.6 Å². The summed E-state index contributed by atoms with van der Waals surface area (Å²) in [4.78, 5) is 13.0. The lowest BCUT2D eigenvalue weighted by atomic mass is 10.1. The van der Waals surface area contributed by atoms with E-state index in [0.717, 1.165) is 16.4 Å². The van der Waals surface area contributed by atoms with E-state index < -0.39 is 34.3 Å². The smallest absolute Gasteiger partial charge is 0.264 e. The molecular weight excluding hydrogens is 503 g/mol. The number of methoxy groups -OCH3 is 2. The van der Waals surface area contributed by atoms with E-state index in [9.17, 15) is 17.6 Å². The molecule has 1 heterocycles. The van der Waals surface area contributed by atoms with Crippen molar-refractivity contribution in [2.45, 2.75) is 17.9 Å². The molecule has 0 radical (unpaired) electrons. The SMILES string of the molecule is COc1ccc(OC)c([C@@H](C)NC(=O)CN(c2ccc(F)cc2)S(=O)(=O)c2ccc3c(c2)OCCO3)c1. The number of benzene rings is 3. The van der Waals surface area contributed by atoms with Crippen molar-refractivity contribution >= 4 is 21.6 Å². The maximum atomic E-state index is 13.7. The fraction of sp³-hybridized carbons (Fsp3) is 0.269. The summed E-state index contributed by atoms with van der Waals surface area (Å²) in [7, 11) is -1.21. The Balaban J connectivity index is 1.63. The van der Waals surface area contributed by atoms with Crippen LogP contribution in [-0.2, 0) is 14.8 Å². The zero-order valence-corrected chi connectivity index (χ0v) is 21.4. The third-order valence-corrected chi connectivity index (χ3v) is 7.55. The van der Waals surface area contributed by atoms with Gasteiger partial charge in [0.25, 0.3) is 10.0 Å². The van der Waals surface area contributed by atoms with Crippen molar-refractivity contribution in [2.24, 2.45) is 0 Å². The Morgan fingerprint density at radius 2 is 1.70 bits per heavy atom. The van der Waals surface area contributed by atoms with E-state index in [1.54, 1.807) is 25.1 Å². The number of ether oxygens (including phenoxy) is 4. The Morgan fingerprint density at radius 3 is 2.38 bits per heavy atom. The quantitative estimate of drug-likeness (QED) is 0.450. The predicted octanol–water partition coefficient (Wildman–Crippen LogP) is 3.69. The standard InChI is InChI=1S/C26H27FN2O7S/c1-17(22-14-20(33-2)8-10-23(22)34-3)28-26(30)16-29(19-6-4-18(27)5-7-19)37(31,32)21-9-11-24-25(15-21)36-13-12-35-24/h4-11,14-15,17H,12-13,16H2,1-3H3,(H,28,30)/t17-/m1/s1. The molecule has 196 valence electrons. The molecule has 0 fully saturated rings. The summed E-state index contributed by atoms with van der Waals surface area (Å²) in [6.45, 7) is 1.83. The molecule has 4 rings (SSSR count). The topological polar surface area (TPSA) is 103 Å². The molecule has 3 aromatic carbocycles. The van der Waals surface area contributed by atoms with E-state index >= 15 is 0 Å². The van der Waals surface area contributed by atoms with E-state index in [1.807, 2.05) is 0 Å². The molecule has 0 aliphatic carbocycles. The molecule has 0 bridgehead atoms. The van der Waals surface area contributed by atoms with Gasteiger partial charge in [-0.1, -0.05) is 0 Å². The van der Waals surface area contributed by atoms with Crippen LogP contribution in [0.4, 0.5) is 10.1 Å². The highest BCUT2D eigenvalue weighted by Crippen LogP contribution is 2.34. The van der Waals surface area contributed by atoms with Gasteiger partial charge >= 0.3 is 0 Å². The number of rotatable bonds is 9. The molecule has 1 amide bonds. The van der Waals surface area contributed by atoms with Gasteiger partial charge in [0.1, 0.15) is 37.1 Å². The summed E-state index contributed by atoms with van der Waals surface area (Å²) >= 11 is 0. The van der Waals surface area contributed by atoms with Crippen LogP contribution in [0.15, 0.2) is 65.6 Å². The third-order valence-electron chi connectivity index (χ3n) is 5.78. The number of nitrogens with zero attached hydrogens (tertiary/aromatic N) is 1. The van der Waals surface area contributed by atoms with E-state index in [4.69, 9.17) is 18.9 Å². The normalized spacial score (nSPS) is 13.4. The second-order valence-electron chi connectivity index (χ2n) is 8.19. The minimum Gasteiger partial charge on any atom is -0.497 e. The maximum Gasteiger partial charge on any atom is 0.264 e. The highest BCUT2D eigenvalue weighted by molar-refractivity contribution is 7.92. The summed E-state index contributed by atoms with van der Waals surface area (Å²) in [6, 6.07) is 13.7. The predicted molar refractivity (Wildman–Crippen MR) is 134 cm³/mol. The van der Waals surface area contributed by atoms with Crippen LogP contribution in [0.25, 0.3) is 0 Å². The summed E-state index contributed by atoms with van der Waals surface area (Å²) < 4.78 is 63.6. The van der Waals surface area contributed by atoms with Gasteiger partial charge in [-0.25, -0.2) is 12.8 Å². The lowest BCUT2D eigenvalue weighted by molar-refractivity contribution is -0.120. The van der Waals surface area contributed by atoms with Gasteiger partial charge in [-0.3, -0.25) is 9.10 Å². The first-order valence-electron chi connectivity index (χ1n) is 11.4. The van der Waals surface area contributed by atoms with Gasteiger partial charge in [-0.05, 0) is 61.5 Å². The van der Waals surface area contributed by atoms with E-state index in [2.05, 4.69) is 5.32 Å². The first-order chi connectivity index (χ1) is 17.7. The molecule has 1 atom stereocenters. The monoisotopic (exact) mass is 530 g/mol. The van der Waals surface area contributed by atoms with Gasteiger partial charge in [-0.2, -0.15) is 0 Å². The van der Waals surface area contributed by atoms with Crippen molar-refractivity contribution in [1.82, 2.24) is 5.32 Å². The number of nitrogens with one attached hydrogen (secondary N) is 1. The van der Waals surface area contributed by atoms with Crippen molar-refractivity contribution < 1.29 is 36.6 Å². The van der Waals surface area contributed by atoms with E-state index in [0.29, 0.717) is 29.4 Å². The zero-order valence-electron chi connectivity index (χ0n) is 20.6. The van der Waals surface area contributed by atoms with Gasteiger partial charge < -0.3 is 24.3 Å². The van der Waals surface area contributed by atoms with Crippen LogP contribution < -0.4 is 28.6 Å². The number of amides is 1. The average molecular weight is 531 g/mol. The molecular formula is C26H27FN2O7S. The van der Waals surface area contributed by atoms with Crippen LogP contribution in [-0.4, -0.2) is 48.3 Å². The van der Waals surface area contributed by atoms with Crippen LogP contribution in [0.2, 0.25) is 0 Å². The maximum absolute atomic E-state index is 13.7. The van der Waals surface area contributed by atoms with Crippen LogP contribution in [0.3, 0.4) is 0 Å². The average Bonchev–Trinajstić information content (AvgIpc) is 2.91. The molecule has 0 saturated carbocycles. The highest BCUT2D eigenvalue weighted by atomic mass is 32.2. The first-order valence-corrected chi connectivity index (χ1v) is 12.9. The van der Waals surface area contributed by atoms with Crippen LogP contribution in [0.5, 0.6) is 23.0 Å². The second-order valence-corrected chi connectivity index (χ2v) is 10.1. The Hall–Kier alpha value is -3.99. The van der Waals surface area contributed by atoms with Gasteiger partial charge in [0.05, 0.1) is 30.8 Å². The highest BCUT2D eigenvalue weighted by Gasteiger charge is 2.29. The van der Waals surface area contributed by atoms with Crippen molar-refractivity contribution in [1.29, 1.82) is 0 Å². The van der Waals surface area contributed by atoms with Crippen molar-refractivity contribution in [3.05, 3.63) is 72.0 Å². The lowest BCUT2D eigenvalue weighted by Crippen LogP contribution is -2.41. The van der Waals surface area contributed by atoms with Crippen LogP contribution in [0, 0.1) is 5.82 Å². The van der Waals surface area contributed by atoms with Crippen LogP contribution >= 0.6 is 0 Å². The molecule has 0 aromatic heterocycles. The third kappa shape index (κ3) is 5.72. The largest absolute Gasteiger partial charge is 0.497 e. The number of hydrogen-bond acceptors (Lipinski definition) is 7. The van der Waals surface area contributed by atoms with Crippen LogP contribution in [0.1, 0.15) is 18.5 Å². The summed E-state index contributed by atoms with van der Waals surface area (Å²) in [5.74, 6) is 0.706. The number of carbonyl (C=O) groups is 1. The number of hydrogen-bond donors (Lipinski definition) is 1. The number of fused-ring (bicyclic) bond motifs is 1. The Bertz CT molecular complexity index is 1380. The number of halogens is 1. The second kappa shape index (κ2) is 11.0. The number of sulfonamides is 1. The molecule has 1 N–H and O–H groups in total. The molecule has 1 aliphatic heterocycles. The molecule has 9 nitrogen and oxygen atoms in total. The fourth-order valence-corrected chi connectivity index (χ4v) is 5.34. The fourth-order valence-electron chi connectivity index (χ4n) is 3.91. The summed E-state index contributed by atoms with van der Waals surface area (Å²) in [5, 5.41) is 2.81.